The molecular weight excluding hydrogens is 287 g/mol. The molecule has 0 saturated carbocycles. The zero-order chi connectivity index (χ0) is 10.7. The van der Waals surface area contributed by atoms with Gasteiger partial charge in [0.05, 0.1) is 16.9 Å². The summed E-state index contributed by atoms with van der Waals surface area (Å²) >= 11 is 9.04. The third-order valence-electron chi connectivity index (χ3n) is 2.10. The third kappa shape index (κ3) is 3.82. The molecule has 0 aromatic carbocycles. The lowest BCUT2D eigenvalue weighted by Gasteiger charge is -2.09. The van der Waals surface area contributed by atoms with Gasteiger partial charge < -0.3 is 5.32 Å². The molecule has 16 heavy (non-hydrogen) atoms. The molecule has 2 rings (SSSR count). The molecule has 0 aliphatic carbocycles. The van der Waals surface area contributed by atoms with E-state index in [4.69, 9.17) is 11.6 Å². The molecule has 1 fully saturated rings. The van der Waals surface area contributed by atoms with Gasteiger partial charge in [-0.3, -0.25) is 10.1 Å². The fourth-order valence-electron chi connectivity index (χ4n) is 1.31. The summed E-state index contributed by atoms with van der Waals surface area (Å²) in [7, 11) is 0. The van der Waals surface area contributed by atoms with E-state index < -0.39 is 0 Å². The van der Waals surface area contributed by atoms with Crippen LogP contribution < -0.4 is 10.6 Å². The molecule has 2 N–H and O–H groups in total. The largest absolute Gasteiger partial charge is 0.350 e. The maximum Gasteiger partial charge on any atom is 0.238 e. The van der Waals surface area contributed by atoms with Crippen molar-refractivity contribution in [1.82, 2.24) is 10.6 Å². The Morgan fingerprint density at radius 1 is 1.62 bits per heavy atom. The summed E-state index contributed by atoms with van der Waals surface area (Å²) in [6.45, 7) is 0.569. The highest BCUT2D eigenvalue weighted by molar-refractivity contribution is 7.99. The van der Waals surface area contributed by atoms with Crippen molar-refractivity contribution in [2.75, 3.05) is 11.6 Å². The predicted octanol–water partition coefficient (Wildman–Crippen LogP) is 2.10. The highest BCUT2D eigenvalue weighted by Gasteiger charge is 2.21. The first-order valence-corrected chi connectivity index (χ1v) is 6.93. The van der Waals surface area contributed by atoms with E-state index in [2.05, 4.69) is 10.6 Å². The second kappa shape index (κ2) is 6.71. The van der Waals surface area contributed by atoms with Crippen molar-refractivity contribution in [3.05, 3.63) is 21.3 Å². The van der Waals surface area contributed by atoms with Gasteiger partial charge in [0, 0.05) is 16.5 Å². The number of thioether (sulfide) groups is 1. The second-order valence-corrected chi connectivity index (χ2v) is 6.03. The van der Waals surface area contributed by atoms with Crippen LogP contribution in [0.4, 0.5) is 0 Å². The molecule has 1 amide bonds. The standard InChI is InChI=1S/C9H11ClN2OS2.ClH/c10-8-2-1-6(15-8)3-11-9(13)7-4-14-5-12-7;/h1-2,7,12H,3-5H2,(H,11,13);1H/t7-;/m1./s1. The summed E-state index contributed by atoms with van der Waals surface area (Å²) in [6.07, 6.45) is 0. The van der Waals surface area contributed by atoms with Crippen molar-refractivity contribution in [3.8, 4) is 0 Å². The highest BCUT2D eigenvalue weighted by atomic mass is 35.5. The van der Waals surface area contributed by atoms with E-state index in [0.717, 1.165) is 20.8 Å². The summed E-state index contributed by atoms with van der Waals surface area (Å²) < 4.78 is 0.758. The number of thiophene rings is 1. The molecule has 1 atom stereocenters. The molecule has 90 valence electrons. The van der Waals surface area contributed by atoms with Gasteiger partial charge in [-0.25, -0.2) is 0 Å². The number of hydrogen-bond acceptors (Lipinski definition) is 4. The van der Waals surface area contributed by atoms with Crippen molar-refractivity contribution in [3.63, 3.8) is 0 Å². The highest BCUT2D eigenvalue weighted by Crippen LogP contribution is 2.21. The van der Waals surface area contributed by atoms with Gasteiger partial charge in [-0.15, -0.1) is 35.5 Å². The van der Waals surface area contributed by atoms with Crippen LogP contribution in [0.2, 0.25) is 4.34 Å². The number of amides is 1. The molecule has 2 heterocycles. The minimum absolute atomic E-state index is 0. The van der Waals surface area contributed by atoms with Crippen LogP contribution in [0.3, 0.4) is 0 Å². The zero-order valence-corrected chi connectivity index (χ0v) is 11.6. The Hall–Kier alpha value is 0.0600. The molecule has 1 aromatic heterocycles. The Balaban J connectivity index is 0.00000128. The molecule has 1 saturated heterocycles. The summed E-state index contributed by atoms with van der Waals surface area (Å²) in [6, 6.07) is 3.74. The second-order valence-electron chi connectivity index (χ2n) is 3.20. The number of nitrogens with one attached hydrogen (secondary N) is 2. The van der Waals surface area contributed by atoms with E-state index in [-0.39, 0.29) is 24.4 Å². The average molecular weight is 299 g/mol. The Labute approximate surface area is 114 Å². The van der Waals surface area contributed by atoms with E-state index in [1.807, 2.05) is 12.1 Å². The van der Waals surface area contributed by atoms with Crippen LogP contribution in [0.5, 0.6) is 0 Å². The minimum atomic E-state index is -0.0366. The van der Waals surface area contributed by atoms with E-state index in [1.54, 1.807) is 11.8 Å². The number of rotatable bonds is 3. The normalized spacial score (nSPS) is 19.2. The lowest BCUT2D eigenvalue weighted by molar-refractivity contribution is -0.122. The van der Waals surface area contributed by atoms with Gasteiger partial charge in [0.2, 0.25) is 5.91 Å². The Morgan fingerprint density at radius 3 is 3.00 bits per heavy atom. The molecular formula is C9H12Cl2N2OS2. The first-order chi connectivity index (χ1) is 7.25. The van der Waals surface area contributed by atoms with Gasteiger partial charge in [0.1, 0.15) is 0 Å². The predicted molar refractivity (Wildman–Crippen MR) is 72.7 cm³/mol. The van der Waals surface area contributed by atoms with Gasteiger partial charge in [0.25, 0.3) is 0 Å². The topological polar surface area (TPSA) is 41.1 Å². The van der Waals surface area contributed by atoms with E-state index in [0.29, 0.717) is 6.54 Å². The van der Waals surface area contributed by atoms with Gasteiger partial charge in [-0.05, 0) is 12.1 Å². The molecule has 1 aliphatic heterocycles. The Kier molecular flexibility index (Phi) is 5.92. The van der Waals surface area contributed by atoms with Crippen LogP contribution >= 0.6 is 47.1 Å². The van der Waals surface area contributed by atoms with Gasteiger partial charge >= 0.3 is 0 Å². The van der Waals surface area contributed by atoms with Crippen LogP contribution in [-0.4, -0.2) is 23.6 Å². The van der Waals surface area contributed by atoms with Crippen LogP contribution in [0.15, 0.2) is 12.1 Å². The van der Waals surface area contributed by atoms with Crippen LogP contribution in [0.1, 0.15) is 4.88 Å². The summed E-state index contributed by atoms with van der Waals surface area (Å²) in [4.78, 5) is 12.7. The molecule has 7 heteroatoms. The van der Waals surface area contributed by atoms with Crippen molar-refractivity contribution in [1.29, 1.82) is 0 Å². The van der Waals surface area contributed by atoms with Crippen LogP contribution in [0.25, 0.3) is 0 Å². The summed E-state index contributed by atoms with van der Waals surface area (Å²) in [5.41, 5.74) is 0. The fourth-order valence-corrected chi connectivity index (χ4v) is 3.28. The van der Waals surface area contributed by atoms with Crippen LogP contribution in [-0.2, 0) is 11.3 Å². The van der Waals surface area contributed by atoms with Crippen LogP contribution in [0, 0.1) is 0 Å². The summed E-state index contributed by atoms with van der Waals surface area (Å²) in [5, 5.41) is 6.02. The third-order valence-corrected chi connectivity index (χ3v) is 4.27. The Bertz CT molecular complexity index is 353. The number of halogens is 2. The zero-order valence-electron chi connectivity index (χ0n) is 8.36. The SMILES string of the molecule is Cl.O=C(NCc1ccc(Cl)s1)[C@H]1CSCN1. The molecule has 0 spiro atoms. The number of carbonyl (C=O) groups excluding carboxylic acids is 1. The maximum atomic E-state index is 11.6. The van der Waals surface area contributed by atoms with Gasteiger partial charge in [-0.2, -0.15) is 0 Å². The van der Waals surface area contributed by atoms with E-state index in [9.17, 15) is 4.79 Å². The van der Waals surface area contributed by atoms with E-state index in [1.165, 1.54) is 11.3 Å². The Morgan fingerprint density at radius 2 is 2.44 bits per heavy atom. The first-order valence-electron chi connectivity index (χ1n) is 4.59. The minimum Gasteiger partial charge on any atom is -0.350 e. The van der Waals surface area contributed by atoms with Crippen molar-refractivity contribution < 1.29 is 4.79 Å². The monoisotopic (exact) mass is 298 g/mol. The van der Waals surface area contributed by atoms with Crippen molar-refractivity contribution in [2.24, 2.45) is 0 Å². The van der Waals surface area contributed by atoms with Crippen molar-refractivity contribution >= 4 is 53.0 Å². The van der Waals surface area contributed by atoms with Crippen molar-refractivity contribution in [2.45, 2.75) is 12.6 Å². The fraction of sp³-hybridized carbons (Fsp3) is 0.444. The smallest absolute Gasteiger partial charge is 0.238 e. The number of hydrogen-bond donors (Lipinski definition) is 2. The lowest BCUT2D eigenvalue weighted by atomic mass is 10.3. The van der Waals surface area contributed by atoms with E-state index >= 15 is 0 Å². The summed E-state index contributed by atoms with van der Waals surface area (Å²) in [5.74, 6) is 1.80. The lowest BCUT2D eigenvalue weighted by Crippen LogP contribution is -2.41. The first kappa shape index (κ1) is 14.1. The molecule has 1 aliphatic rings. The molecule has 1 aromatic rings. The molecule has 0 bridgehead atoms. The maximum absolute atomic E-state index is 11.6. The molecule has 0 unspecified atom stereocenters. The molecule has 0 radical (unpaired) electrons. The van der Waals surface area contributed by atoms with Gasteiger partial charge in [0.15, 0.2) is 0 Å². The van der Waals surface area contributed by atoms with Gasteiger partial charge in [-0.1, -0.05) is 11.6 Å². The average Bonchev–Trinajstić information content (AvgIpc) is 2.84. The number of carbonyl (C=O) groups is 1. The quantitative estimate of drug-likeness (QED) is 0.898. The molecule has 3 nitrogen and oxygen atoms in total.